The average Bonchev–Trinajstić information content (AvgIpc) is 2.54. The van der Waals surface area contributed by atoms with Crippen molar-refractivity contribution in [2.24, 2.45) is 5.73 Å². The number of piperidine rings is 1. The average molecular weight is 329 g/mol. The Hall–Kier alpha value is -0.630. The number of nitrogens with two attached hydrogens (primary N) is 1. The van der Waals surface area contributed by atoms with Crippen molar-refractivity contribution in [1.82, 2.24) is 9.29 Å². The van der Waals surface area contributed by atoms with Gasteiger partial charge in [-0.05, 0) is 43.2 Å². The molecule has 0 amide bonds. The molecule has 0 bridgehead atoms. The molecule has 7 heteroatoms. The summed E-state index contributed by atoms with van der Waals surface area (Å²) in [5, 5.41) is 0. The second kappa shape index (κ2) is 7.09. The molecule has 0 atom stereocenters. The van der Waals surface area contributed by atoms with Crippen LogP contribution in [0.4, 0.5) is 0 Å². The van der Waals surface area contributed by atoms with Gasteiger partial charge in [0.15, 0.2) is 0 Å². The van der Waals surface area contributed by atoms with Crippen molar-refractivity contribution in [2.45, 2.75) is 24.0 Å². The topological polar surface area (TPSA) is 76.3 Å². The number of thioether (sulfide) groups is 1. The van der Waals surface area contributed by atoms with Crippen LogP contribution >= 0.6 is 11.8 Å². The smallest absolute Gasteiger partial charge is 0.214 e. The molecular weight excluding hydrogens is 306 g/mol. The van der Waals surface area contributed by atoms with Crippen LogP contribution in [0.3, 0.4) is 0 Å². The maximum Gasteiger partial charge on any atom is 0.214 e. The van der Waals surface area contributed by atoms with E-state index in [1.54, 1.807) is 28.5 Å². The number of sulfonamides is 1. The molecule has 0 unspecified atom stereocenters. The van der Waals surface area contributed by atoms with E-state index in [9.17, 15) is 8.42 Å². The summed E-state index contributed by atoms with van der Waals surface area (Å²) in [5.74, 6) is 0.159. The molecule has 1 aliphatic heterocycles. The van der Waals surface area contributed by atoms with E-state index < -0.39 is 10.0 Å². The predicted molar refractivity (Wildman–Crippen MR) is 87.8 cm³/mol. The van der Waals surface area contributed by atoms with Crippen LogP contribution in [0.1, 0.15) is 18.4 Å². The molecular formula is C14H23N3O2S2. The Morgan fingerprint density at radius 3 is 2.48 bits per heavy atom. The van der Waals surface area contributed by atoms with Crippen LogP contribution in [-0.2, 0) is 16.4 Å². The molecule has 0 saturated carbocycles. The number of aromatic nitrogens is 1. The minimum atomic E-state index is -3.19. The first-order chi connectivity index (χ1) is 10.0. The molecule has 5 nitrogen and oxygen atoms in total. The summed E-state index contributed by atoms with van der Waals surface area (Å²) in [4.78, 5) is 3.94. The van der Waals surface area contributed by atoms with E-state index in [2.05, 4.69) is 11.2 Å². The summed E-state index contributed by atoms with van der Waals surface area (Å²) in [6, 6.07) is 3.72. The fraction of sp³-hybridized carbons (Fsp3) is 0.643. The van der Waals surface area contributed by atoms with Gasteiger partial charge in [0.25, 0.3) is 0 Å². The van der Waals surface area contributed by atoms with E-state index in [0.717, 1.165) is 18.4 Å². The van der Waals surface area contributed by atoms with Gasteiger partial charge in [0, 0.05) is 36.8 Å². The number of rotatable bonds is 6. The predicted octanol–water partition coefficient (Wildman–Crippen LogP) is 1.11. The van der Waals surface area contributed by atoms with Gasteiger partial charge < -0.3 is 5.73 Å². The summed E-state index contributed by atoms with van der Waals surface area (Å²) < 4.78 is 26.5. The minimum absolute atomic E-state index is 0.0527. The van der Waals surface area contributed by atoms with Crippen molar-refractivity contribution in [3.05, 3.63) is 30.1 Å². The van der Waals surface area contributed by atoms with Gasteiger partial charge in [-0.15, -0.1) is 0 Å². The van der Waals surface area contributed by atoms with E-state index in [4.69, 9.17) is 5.73 Å². The Labute approximate surface area is 131 Å². The van der Waals surface area contributed by atoms with Crippen molar-refractivity contribution in [1.29, 1.82) is 0 Å². The molecule has 1 aromatic rings. The Morgan fingerprint density at radius 1 is 1.33 bits per heavy atom. The first-order valence-corrected chi connectivity index (χ1v) is 9.97. The second-order valence-electron chi connectivity index (χ2n) is 5.41. The van der Waals surface area contributed by atoms with Gasteiger partial charge in [-0.1, -0.05) is 0 Å². The lowest BCUT2D eigenvalue weighted by Gasteiger charge is -2.39. The van der Waals surface area contributed by atoms with Crippen LogP contribution in [0, 0.1) is 0 Å². The molecule has 0 spiro atoms. The Morgan fingerprint density at radius 2 is 1.95 bits per heavy atom. The van der Waals surface area contributed by atoms with Gasteiger partial charge in [-0.2, -0.15) is 11.8 Å². The molecule has 2 heterocycles. The Kier molecular flexibility index (Phi) is 5.65. The number of nitrogens with zero attached hydrogens (tertiary/aromatic N) is 2. The zero-order valence-electron chi connectivity index (χ0n) is 12.4. The lowest BCUT2D eigenvalue weighted by atomic mass is 9.97. The van der Waals surface area contributed by atoms with Crippen LogP contribution in [0.5, 0.6) is 0 Å². The number of pyridine rings is 1. The van der Waals surface area contributed by atoms with Gasteiger partial charge in [0.1, 0.15) is 0 Å². The summed E-state index contributed by atoms with van der Waals surface area (Å²) >= 11 is 1.76. The fourth-order valence-electron chi connectivity index (χ4n) is 2.59. The summed E-state index contributed by atoms with van der Waals surface area (Å²) in [5.41, 5.74) is 6.85. The highest BCUT2D eigenvalue weighted by Crippen LogP contribution is 2.34. The number of hydrogen-bond acceptors (Lipinski definition) is 5. The molecule has 2 N–H and O–H groups in total. The highest BCUT2D eigenvalue weighted by Gasteiger charge is 2.36. The quantitative estimate of drug-likeness (QED) is 0.846. The molecule has 1 aromatic heterocycles. The molecule has 21 heavy (non-hydrogen) atoms. The monoisotopic (exact) mass is 329 g/mol. The molecule has 0 aromatic carbocycles. The van der Waals surface area contributed by atoms with Crippen molar-refractivity contribution < 1.29 is 8.42 Å². The van der Waals surface area contributed by atoms with E-state index in [-0.39, 0.29) is 10.5 Å². The van der Waals surface area contributed by atoms with E-state index in [1.165, 1.54) is 0 Å². The Bertz CT molecular complexity index is 535. The summed E-state index contributed by atoms with van der Waals surface area (Å²) in [7, 11) is -3.19. The number of hydrogen-bond donors (Lipinski definition) is 1. The van der Waals surface area contributed by atoms with Gasteiger partial charge in [-0.25, -0.2) is 12.7 Å². The SMILES string of the molecule is CSC1(CN)CCN(S(=O)(=O)CCc2ccncc2)CC1. The zero-order chi connectivity index (χ0) is 15.3. The lowest BCUT2D eigenvalue weighted by Crippen LogP contribution is -2.48. The first-order valence-electron chi connectivity index (χ1n) is 7.13. The van der Waals surface area contributed by atoms with E-state index in [1.807, 2.05) is 12.1 Å². The number of aryl methyl sites for hydroxylation is 1. The van der Waals surface area contributed by atoms with Crippen molar-refractivity contribution in [3.8, 4) is 0 Å². The third-order valence-electron chi connectivity index (χ3n) is 4.23. The standard InChI is InChI=1S/C14H23N3O2S2/c1-20-14(12-15)5-9-17(10-6-14)21(18,19)11-4-13-2-7-16-8-3-13/h2-3,7-8H,4-6,9-12,15H2,1H3. The minimum Gasteiger partial charge on any atom is -0.329 e. The highest BCUT2D eigenvalue weighted by molar-refractivity contribution is 8.00. The lowest BCUT2D eigenvalue weighted by molar-refractivity contribution is 0.301. The Balaban J connectivity index is 1.92. The maximum absolute atomic E-state index is 12.4. The molecule has 1 saturated heterocycles. The van der Waals surface area contributed by atoms with Gasteiger partial charge in [-0.3, -0.25) is 4.98 Å². The third-order valence-corrected chi connectivity index (χ3v) is 7.54. The van der Waals surface area contributed by atoms with Crippen molar-refractivity contribution >= 4 is 21.8 Å². The van der Waals surface area contributed by atoms with Gasteiger partial charge in [0.05, 0.1) is 5.75 Å². The van der Waals surface area contributed by atoms with Crippen molar-refractivity contribution in [3.63, 3.8) is 0 Å². The molecule has 1 aliphatic rings. The van der Waals surface area contributed by atoms with Crippen LogP contribution in [0.25, 0.3) is 0 Å². The van der Waals surface area contributed by atoms with E-state index in [0.29, 0.717) is 26.1 Å². The molecule has 0 aliphatic carbocycles. The second-order valence-corrected chi connectivity index (χ2v) is 8.77. The molecule has 1 fully saturated rings. The molecule has 2 rings (SSSR count). The van der Waals surface area contributed by atoms with Gasteiger partial charge >= 0.3 is 0 Å². The third kappa shape index (κ3) is 4.18. The van der Waals surface area contributed by atoms with Crippen LogP contribution in [-0.4, -0.2) is 54.1 Å². The normalized spacial score (nSPS) is 19.5. The fourth-order valence-corrected chi connectivity index (χ4v) is 4.84. The summed E-state index contributed by atoms with van der Waals surface area (Å²) in [6.45, 7) is 1.77. The van der Waals surface area contributed by atoms with Crippen LogP contribution in [0.2, 0.25) is 0 Å². The van der Waals surface area contributed by atoms with Crippen molar-refractivity contribution in [2.75, 3.05) is 31.6 Å². The maximum atomic E-state index is 12.4. The van der Waals surface area contributed by atoms with Crippen LogP contribution in [0.15, 0.2) is 24.5 Å². The molecule has 0 radical (unpaired) electrons. The zero-order valence-corrected chi connectivity index (χ0v) is 14.0. The first kappa shape index (κ1) is 16.7. The van der Waals surface area contributed by atoms with Crippen LogP contribution < -0.4 is 5.73 Å². The van der Waals surface area contributed by atoms with Gasteiger partial charge in [0.2, 0.25) is 10.0 Å². The van der Waals surface area contributed by atoms with E-state index >= 15 is 0 Å². The highest BCUT2D eigenvalue weighted by atomic mass is 32.2. The summed E-state index contributed by atoms with van der Waals surface area (Å²) in [6.07, 6.45) is 7.64. The largest absolute Gasteiger partial charge is 0.329 e. The molecule has 118 valence electrons.